The fourth-order valence-electron chi connectivity index (χ4n) is 4.91. The molecule has 0 bridgehead atoms. The number of carbonyl (C=O) groups is 1. The van der Waals surface area contributed by atoms with Crippen molar-refractivity contribution in [1.29, 1.82) is 0 Å². The zero-order chi connectivity index (χ0) is 28.9. The second kappa shape index (κ2) is 9.84. The van der Waals surface area contributed by atoms with E-state index in [0.29, 0.717) is 32.7 Å². The van der Waals surface area contributed by atoms with Gasteiger partial charge < -0.3 is 5.32 Å². The first kappa shape index (κ1) is 26.2. The maximum absolute atomic E-state index is 14.2. The first-order chi connectivity index (χ1) is 19.6. The third-order valence-electron chi connectivity index (χ3n) is 6.97. The minimum Gasteiger partial charge on any atom is -0.319 e. The lowest BCUT2D eigenvalue weighted by Crippen LogP contribution is -2.16. The predicted octanol–water partition coefficient (Wildman–Crippen LogP) is 6.82. The van der Waals surface area contributed by atoms with Crippen molar-refractivity contribution >= 4 is 28.0 Å². The van der Waals surface area contributed by atoms with E-state index in [2.05, 4.69) is 20.5 Å². The number of fused-ring (bicyclic) bond motifs is 2. The van der Waals surface area contributed by atoms with Gasteiger partial charge in [0.1, 0.15) is 11.4 Å². The number of hydrogen-bond acceptors (Lipinski definition) is 4. The van der Waals surface area contributed by atoms with Gasteiger partial charge in [0.25, 0.3) is 5.91 Å². The second-order valence-corrected chi connectivity index (χ2v) is 9.59. The summed E-state index contributed by atoms with van der Waals surface area (Å²) in [6, 6.07) is 19.8. The fraction of sp³-hybridized carbons (Fsp3) is 0.133. The van der Waals surface area contributed by atoms with Crippen LogP contribution in [0.15, 0.2) is 79.0 Å². The summed E-state index contributed by atoms with van der Waals surface area (Å²) in [5.74, 6) is -1.09. The summed E-state index contributed by atoms with van der Waals surface area (Å²) < 4.78 is 58.9. The van der Waals surface area contributed by atoms with Gasteiger partial charge in [-0.05, 0) is 36.8 Å². The molecule has 1 N–H and O–H groups in total. The maximum atomic E-state index is 14.2. The number of anilines is 1. The molecule has 11 heteroatoms. The van der Waals surface area contributed by atoms with Gasteiger partial charge in [-0.1, -0.05) is 60.7 Å². The summed E-state index contributed by atoms with van der Waals surface area (Å²) in [6.45, 7) is 3.52. The zero-order valence-corrected chi connectivity index (χ0v) is 21.9. The van der Waals surface area contributed by atoms with Crippen LogP contribution in [-0.4, -0.2) is 30.3 Å². The van der Waals surface area contributed by atoms with Crippen molar-refractivity contribution in [3.8, 4) is 11.3 Å². The summed E-state index contributed by atoms with van der Waals surface area (Å²) in [4.78, 5) is 17.9. The van der Waals surface area contributed by atoms with Crippen LogP contribution in [0.4, 0.5) is 23.2 Å². The van der Waals surface area contributed by atoms with E-state index in [0.717, 1.165) is 23.0 Å². The summed E-state index contributed by atoms with van der Waals surface area (Å²) in [5.41, 5.74) is 0.906. The number of halogens is 4. The molecule has 3 aromatic carbocycles. The fourth-order valence-corrected chi connectivity index (χ4v) is 4.91. The summed E-state index contributed by atoms with van der Waals surface area (Å²) in [5, 5.41) is 12.6. The lowest BCUT2D eigenvalue weighted by molar-refractivity contribution is -0.142. The Morgan fingerprint density at radius 1 is 0.976 bits per heavy atom. The topological polar surface area (TPSA) is 77.1 Å². The Morgan fingerprint density at radius 3 is 2.49 bits per heavy atom. The van der Waals surface area contributed by atoms with Crippen molar-refractivity contribution in [2.75, 3.05) is 5.32 Å². The van der Waals surface area contributed by atoms with Gasteiger partial charge in [-0.2, -0.15) is 23.4 Å². The van der Waals surface area contributed by atoms with Crippen LogP contribution in [-0.2, 0) is 12.7 Å². The Morgan fingerprint density at radius 2 is 1.71 bits per heavy atom. The average molecular weight is 559 g/mol. The molecule has 6 aromatic rings. The number of hydrogen-bond donors (Lipinski definition) is 1. The molecule has 3 heterocycles. The molecule has 0 aliphatic rings. The summed E-state index contributed by atoms with van der Waals surface area (Å²) in [6.07, 6.45) is -3.70. The standard InChI is InChI=1S/C30H22F4N6O/c1-17-27(18(2)39(38-17)16-20-9-4-6-13-24(20)31)37-29(41)23-15-35-40-26(30(32,33)34)14-25(36-28(23)40)22-12-7-10-19-8-3-5-11-21(19)22/h3-15H,16H2,1-2H3,(H,37,41). The monoisotopic (exact) mass is 558 g/mol. The van der Waals surface area contributed by atoms with Crippen molar-refractivity contribution in [3.63, 3.8) is 0 Å². The number of rotatable bonds is 5. The third-order valence-corrected chi connectivity index (χ3v) is 6.97. The number of benzene rings is 3. The zero-order valence-electron chi connectivity index (χ0n) is 21.9. The number of amides is 1. The van der Waals surface area contributed by atoms with Crippen LogP contribution >= 0.6 is 0 Å². The predicted molar refractivity (Wildman–Crippen MR) is 146 cm³/mol. The Kier molecular flexibility index (Phi) is 6.29. The van der Waals surface area contributed by atoms with Gasteiger partial charge in [0, 0.05) is 11.1 Å². The molecule has 3 aromatic heterocycles. The highest BCUT2D eigenvalue weighted by molar-refractivity contribution is 6.09. The molecule has 0 saturated heterocycles. The van der Waals surface area contributed by atoms with E-state index in [1.165, 1.54) is 6.07 Å². The molecular weight excluding hydrogens is 536 g/mol. The Bertz CT molecular complexity index is 1950. The molecule has 1 amide bonds. The van der Waals surface area contributed by atoms with E-state index < -0.39 is 17.8 Å². The van der Waals surface area contributed by atoms with Gasteiger partial charge in [0.05, 0.1) is 35.5 Å². The van der Waals surface area contributed by atoms with E-state index >= 15 is 0 Å². The Hall–Kier alpha value is -5.06. The molecule has 0 radical (unpaired) electrons. The molecule has 0 aliphatic heterocycles. The van der Waals surface area contributed by atoms with Gasteiger partial charge >= 0.3 is 6.18 Å². The molecule has 0 atom stereocenters. The van der Waals surface area contributed by atoms with Gasteiger partial charge in [0.15, 0.2) is 11.3 Å². The third kappa shape index (κ3) is 4.69. The van der Waals surface area contributed by atoms with Crippen molar-refractivity contribution in [2.24, 2.45) is 0 Å². The minimum absolute atomic E-state index is 0.0567. The van der Waals surface area contributed by atoms with Gasteiger partial charge in [0.2, 0.25) is 0 Å². The van der Waals surface area contributed by atoms with Crippen molar-refractivity contribution < 1.29 is 22.4 Å². The number of aromatic nitrogens is 5. The highest BCUT2D eigenvalue weighted by Gasteiger charge is 2.36. The van der Waals surface area contributed by atoms with Crippen molar-refractivity contribution in [2.45, 2.75) is 26.6 Å². The highest BCUT2D eigenvalue weighted by Crippen LogP contribution is 2.35. The Labute approximate surface area is 231 Å². The van der Waals surface area contributed by atoms with Crippen LogP contribution in [0.25, 0.3) is 27.7 Å². The molecule has 0 fully saturated rings. The first-order valence-electron chi connectivity index (χ1n) is 12.6. The van der Waals surface area contributed by atoms with Crippen molar-refractivity contribution in [3.05, 3.63) is 113 Å². The quantitative estimate of drug-likeness (QED) is 0.236. The average Bonchev–Trinajstić information content (AvgIpc) is 3.49. The SMILES string of the molecule is Cc1nn(Cc2ccccc2F)c(C)c1NC(=O)c1cnn2c(C(F)(F)F)cc(-c3cccc4ccccc34)nc12. The number of carbonyl (C=O) groups excluding carboxylic acids is 1. The van der Waals surface area contributed by atoms with Crippen LogP contribution in [0, 0.1) is 19.7 Å². The molecule has 6 rings (SSSR count). The number of nitrogens with one attached hydrogen (secondary N) is 1. The van der Waals surface area contributed by atoms with Crippen molar-refractivity contribution in [1.82, 2.24) is 24.4 Å². The van der Waals surface area contributed by atoms with E-state index in [1.807, 2.05) is 18.2 Å². The van der Waals surface area contributed by atoms with Gasteiger partial charge in [-0.25, -0.2) is 13.9 Å². The molecule has 7 nitrogen and oxygen atoms in total. The molecular formula is C30H22F4N6O. The number of alkyl halides is 3. The van der Waals surface area contributed by atoms with E-state index in [4.69, 9.17) is 0 Å². The Balaban J connectivity index is 1.42. The van der Waals surface area contributed by atoms with E-state index in [-0.39, 0.29) is 29.3 Å². The second-order valence-electron chi connectivity index (χ2n) is 9.59. The highest BCUT2D eigenvalue weighted by atomic mass is 19.4. The van der Waals surface area contributed by atoms with Gasteiger partial charge in [-0.15, -0.1) is 0 Å². The summed E-state index contributed by atoms with van der Waals surface area (Å²) >= 11 is 0. The molecule has 0 spiro atoms. The van der Waals surface area contributed by atoms with Crippen LogP contribution < -0.4 is 5.32 Å². The van der Waals surface area contributed by atoms with Crippen LogP contribution in [0.3, 0.4) is 0 Å². The minimum atomic E-state index is -4.76. The van der Waals surface area contributed by atoms with Crippen LogP contribution in [0.1, 0.15) is 33.0 Å². The maximum Gasteiger partial charge on any atom is 0.433 e. The molecule has 41 heavy (non-hydrogen) atoms. The number of aryl methyl sites for hydroxylation is 1. The van der Waals surface area contributed by atoms with E-state index in [9.17, 15) is 22.4 Å². The molecule has 0 unspecified atom stereocenters. The smallest absolute Gasteiger partial charge is 0.319 e. The number of nitrogens with zero attached hydrogens (tertiary/aromatic N) is 5. The largest absolute Gasteiger partial charge is 0.433 e. The normalized spacial score (nSPS) is 11.9. The van der Waals surface area contributed by atoms with Crippen LogP contribution in [0.2, 0.25) is 0 Å². The molecule has 0 aliphatic carbocycles. The lowest BCUT2D eigenvalue weighted by atomic mass is 10.0. The summed E-state index contributed by atoms with van der Waals surface area (Å²) in [7, 11) is 0. The molecule has 0 saturated carbocycles. The van der Waals surface area contributed by atoms with E-state index in [1.54, 1.807) is 61.0 Å². The molecule has 206 valence electrons. The first-order valence-corrected chi connectivity index (χ1v) is 12.6. The van der Waals surface area contributed by atoms with Crippen LogP contribution in [0.5, 0.6) is 0 Å². The lowest BCUT2D eigenvalue weighted by Gasteiger charge is -2.13. The van der Waals surface area contributed by atoms with Gasteiger partial charge in [-0.3, -0.25) is 9.48 Å².